The molecule has 1 aliphatic carbocycles. The molecule has 98 valence electrons. The molecule has 1 aliphatic rings. The third-order valence-corrected chi connectivity index (χ3v) is 3.83. The first kappa shape index (κ1) is 13.0. The van der Waals surface area contributed by atoms with Gasteiger partial charge in [-0.3, -0.25) is 4.79 Å². The van der Waals surface area contributed by atoms with Crippen LogP contribution in [-0.4, -0.2) is 17.6 Å². The highest BCUT2D eigenvalue weighted by Crippen LogP contribution is 2.39. The Balaban J connectivity index is 2.26. The SMILES string of the molecule is NCC(CCC1CC1)(C(=O)O)c1ccc(F)cc1. The predicted octanol–water partition coefficient (Wildman–Crippen LogP) is 2.30. The molecule has 2 rings (SSSR count). The van der Waals surface area contributed by atoms with E-state index in [1.54, 1.807) is 0 Å². The fraction of sp³-hybridized carbons (Fsp3) is 0.500. The highest BCUT2D eigenvalue weighted by atomic mass is 19.1. The summed E-state index contributed by atoms with van der Waals surface area (Å²) in [5.41, 5.74) is 5.23. The summed E-state index contributed by atoms with van der Waals surface area (Å²) in [5, 5.41) is 9.51. The molecule has 1 aromatic carbocycles. The van der Waals surface area contributed by atoms with Crippen LogP contribution in [0, 0.1) is 11.7 Å². The van der Waals surface area contributed by atoms with Crippen molar-refractivity contribution in [1.82, 2.24) is 0 Å². The third kappa shape index (κ3) is 2.53. The molecule has 0 aromatic heterocycles. The van der Waals surface area contributed by atoms with E-state index in [1.165, 1.54) is 37.1 Å². The van der Waals surface area contributed by atoms with Crippen molar-refractivity contribution in [2.75, 3.05) is 6.54 Å². The normalized spacial score (nSPS) is 18.3. The van der Waals surface area contributed by atoms with Gasteiger partial charge in [0, 0.05) is 6.54 Å². The van der Waals surface area contributed by atoms with Crippen molar-refractivity contribution in [3.8, 4) is 0 Å². The van der Waals surface area contributed by atoms with Crippen LogP contribution in [0.3, 0.4) is 0 Å². The molecular weight excluding hydrogens is 233 g/mol. The molecule has 0 bridgehead atoms. The van der Waals surface area contributed by atoms with Crippen LogP contribution in [0.5, 0.6) is 0 Å². The van der Waals surface area contributed by atoms with Gasteiger partial charge in [0.1, 0.15) is 11.2 Å². The second kappa shape index (κ2) is 5.06. The van der Waals surface area contributed by atoms with Crippen molar-refractivity contribution in [2.24, 2.45) is 11.7 Å². The number of hydrogen-bond donors (Lipinski definition) is 2. The Bertz CT molecular complexity index is 428. The number of carbonyl (C=O) groups is 1. The molecule has 0 amide bonds. The van der Waals surface area contributed by atoms with Crippen LogP contribution < -0.4 is 5.73 Å². The number of benzene rings is 1. The first-order valence-electron chi connectivity index (χ1n) is 6.28. The van der Waals surface area contributed by atoms with E-state index in [1.807, 2.05) is 0 Å². The average molecular weight is 251 g/mol. The molecule has 1 saturated carbocycles. The standard InChI is InChI=1S/C14H18FNO2/c15-12-5-3-11(4-6-12)14(9-16,13(17)18)8-7-10-1-2-10/h3-6,10H,1-2,7-9,16H2,(H,17,18). The Morgan fingerprint density at radius 2 is 2.00 bits per heavy atom. The maximum Gasteiger partial charge on any atom is 0.315 e. The fourth-order valence-corrected chi connectivity index (χ4v) is 2.31. The minimum atomic E-state index is -1.07. The van der Waals surface area contributed by atoms with Crippen molar-refractivity contribution in [2.45, 2.75) is 31.1 Å². The van der Waals surface area contributed by atoms with E-state index in [9.17, 15) is 14.3 Å². The lowest BCUT2D eigenvalue weighted by Crippen LogP contribution is -2.43. The number of carboxylic acids is 1. The zero-order chi connectivity index (χ0) is 13.2. The zero-order valence-electron chi connectivity index (χ0n) is 10.2. The molecule has 0 spiro atoms. The first-order chi connectivity index (χ1) is 8.58. The van der Waals surface area contributed by atoms with E-state index in [0.717, 1.165) is 6.42 Å². The summed E-state index contributed by atoms with van der Waals surface area (Å²) in [4.78, 5) is 11.6. The van der Waals surface area contributed by atoms with E-state index < -0.39 is 11.4 Å². The van der Waals surface area contributed by atoms with Crippen molar-refractivity contribution >= 4 is 5.97 Å². The molecule has 18 heavy (non-hydrogen) atoms. The van der Waals surface area contributed by atoms with Gasteiger partial charge >= 0.3 is 5.97 Å². The van der Waals surface area contributed by atoms with Gasteiger partial charge < -0.3 is 10.8 Å². The van der Waals surface area contributed by atoms with Crippen LogP contribution in [0.4, 0.5) is 4.39 Å². The summed E-state index contributed by atoms with van der Waals surface area (Å²) in [5.74, 6) is -0.634. The lowest BCUT2D eigenvalue weighted by molar-refractivity contribution is -0.143. The molecule has 1 atom stereocenters. The summed E-state index contributed by atoms with van der Waals surface area (Å²) in [6, 6.07) is 5.64. The number of rotatable bonds is 6. The van der Waals surface area contributed by atoms with Crippen LogP contribution >= 0.6 is 0 Å². The Hall–Kier alpha value is -1.42. The third-order valence-electron chi connectivity index (χ3n) is 3.83. The fourth-order valence-electron chi connectivity index (χ4n) is 2.31. The van der Waals surface area contributed by atoms with Crippen molar-refractivity contribution in [3.05, 3.63) is 35.6 Å². The minimum absolute atomic E-state index is 0.0423. The molecule has 0 heterocycles. The number of halogens is 1. The number of nitrogens with two attached hydrogens (primary N) is 1. The van der Waals surface area contributed by atoms with Crippen molar-refractivity contribution in [1.29, 1.82) is 0 Å². The van der Waals surface area contributed by atoms with Crippen LogP contribution in [0.15, 0.2) is 24.3 Å². The number of hydrogen-bond acceptors (Lipinski definition) is 2. The summed E-state index contributed by atoms with van der Waals surface area (Å²) < 4.78 is 12.9. The van der Waals surface area contributed by atoms with Crippen molar-refractivity contribution in [3.63, 3.8) is 0 Å². The molecule has 3 nitrogen and oxygen atoms in total. The minimum Gasteiger partial charge on any atom is -0.481 e. The molecule has 1 unspecified atom stereocenters. The highest BCUT2D eigenvalue weighted by Gasteiger charge is 2.40. The van der Waals surface area contributed by atoms with Gasteiger partial charge in [-0.25, -0.2) is 4.39 Å². The van der Waals surface area contributed by atoms with Gasteiger partial charge in [0.2, 0.25) is 0 Å². The van der Waals surface area contributed by atoms with Crippen LogP contribution in [0.2, 0.25) is 0 Å². The Kier molecular flexibility index (Phi) is 3.66. The Labute approximate surface area is 106 Å². The van der Waals surface area contributed by atoms with E-state index >= 15 is 0 Å². The second-order valence-electron chi connectivity index (χ2n) is 5.08. The van der Waals surface area contributed by atoms with Gasteiger partial charge in [0.05, 0.1) is 0 Å². The van der Waals surface area contributed by atoms with Crippen LogP contribution in [0.25, 0.3) is 0 Å². The van der Waals surface area contributed by atoms with Gasteiger partial charge in [0.25, 0.3) is 0 Å². The zero-order valence-corrected chi connectivity index (χ0v) is 10.2. The lowest BCUT2D eigenvalue weighted by Gasteiger charge is -2.28. The van der Waals surface area contributed by atoms with Gasteiger partial charge in [-0.1, -0.05) is 25.0 Å². The molecule has 1 aromatic rings. The maximum atomic E-state index is 12.9. The van der Waals surface area contributed by atoms with E-state index in [-0.39, 0.29) is 12.4 Å². The summed E-state index contributed by atoms with van der Waals surface area (Å²) in [7, 11) is 0. The average Bonchev–Trinajstić information content (AvgIpc) is 3.16. The Morgan fingerprint density at radius 1 is 1.39 bits per heavy atom. The predicted molar refractivity (Wildman–Crippen MR) is 66.7 cm³/mol. The van der Waals surface area contributed by atoms with E-state index in [4.69, 9.17) is 5.73 Å². The topological polar surface area (TPSA) is 63.3 Å². The highest BCUT2D eigenvalue weighted by molar-refractivity contribution is 5.81. The quantitative estimate of drug-likeness (QED) is 0.815. The molecule has 3 N–H and O–H groups in total. The van der Waals surface area contributed by atoms with Gasteiger partial charge in [-0.15, -0.1) is 0 Å². The second-order valence-corrected chi connectivity index (χ2v) is 5.08. The van der Waals surface area contributed by atoms with Crippen molar-refractivity contribution < 1.29 is 14.3 Å². The summed E-state index contributed by atoms with van der Waals surface area (Å²) >= 11 is 0. The smallest absolute Gasteiger partial charge is 0.315 e. The largest absolute Gasteiger partial charge is 0.481 e. The van der Waals surface area contributed by atoms with Gasteiger partial charge in [-0.05, 0) is 36.5 Å². The van der Waals surface area contributed by atoms with Gasteiger partial charge in [-0.2, -0.15) is 0 Å². The molecule has 0 radical (unpaired) electrons. The summed E-state index contributed by atoms with van der Waals surface area (Å²) in [6.45, 7) is 0.0423. The van der Waals surface area contributed by atoms with Crippen LogP contribution in [0.1, 0.15) is 31.2 Å². The Morgan fingerprint density at radius 3 is 2.44 bits per heavy atom. The molecule has 4 heteroatoms. The molecular formula is C14H18FNO2. The lowest BCUT2D eigenvalue weighted by atomic mass is 9.76. The molecule has 1 fully saturated rings. The molecule has 0 saturated heterocycles. The first-order valence-corrected chi connectivity index (χ1v) is 6.28. The summed E-state index contributed by atoms with van der Waals surface area (Å²) in [6.07, 6.45) is 3.77. The maximum absolute atomic E-state index is 12.9. The molecule has 0 aliphatic heterocycles. The monoisotopic (exact) mass is 251 g/mol. The van der Waals surface area contributed by atoms with Gasteiger partial charge in [0.15, 0.2) is 0 Å². The number of carboxylic acid groups (broad SMARTS) is 1. The number of aliphatic carboxylic acids is 1. The van der Waals surface area contributed by atoms with E-state index in [0.29, 0.717) is 17.9 Å². The van der Waals surface area contributed by atoms with E-state index in [2.05, 4.69) is 0 Å². The van der Waals surface area contributed by atoms with Crippen LogP contribution in [-0.2, 0) is 10.2 Å².